The van der Waals surface area contributed by atoms with Gasteiger partial charge in [-0.2, -0.15) is 10.1 Å². The summed E-state index contributed by atoms with van der Waals surface area (Å²) in [7, 11) is 0. The average Bonchev–Trinajstić information content (AvgIpc) is 3.50. The van der Waals surface area contributed by atoms with Gasteiger partial charge in [0.2, 0.25) is 5.91 Å². The third-order valence-electron chi connectivity index (χ3n) is 9.35. The van der Waals surface area contributed by atoms with Crippen molar-refractivity contribution in [1.82, 2.24) is 29.6 Å². The smallest absolute Gasteiger partial charge is 0.354 e. The van der Waals surface area contributed by atoms with Gasteiger partial charge in [0.1, 0.15) is 5.82 Å². The van der Waals surface area contributed by atoms with Crippen LogP contribution in [0.25, 0.3) is 38.6 Å². The van der Waals surface area contributed by atoms with Crippen LogP contribution in [0.4, 0.5) is 10.2 Å². The van der Waals surface area contributed by atoms with Crippen molar-refractivity contribution in [2.45, 2.75) is 59.0 Å². The van der Waals surface area contributed by atoms with E-state index >= 15 is 4.39 Å². The van der Waals surface area contributed by atoms with Crippen LogP contribution in [-0.2, 0) is 4.79 Å². The molecule has 7 rings (SSSR count). The van der Waals surface area contributed by atoms with E-state index in [1.54, 1.807) is 27.9 Å². The standard InChI is InChI=1S/C35H36FN7O3/c1-7-27(44)41-17-22-11-13-46-33-29-26(14-23(30(33)36)28-19(4)8-9-25-24(28)15-38-40-25)43(32-20(5)10-12-37-31(32)18(2)3)35(45)39-34(29)42(22)16-21(41)6/h7-10,12,14-15,18,21-22H,1,11,13,16-17H2,2-6H3,(H,38,40). The summed E-state index contributed by atoms with van der Waals surface area (Å²) in [6.45, 7) is 14.6. The number of aromatic amines is 1. The molecule has 0 radical (unpaired) electrons. The molecule has 3 aromatic heterocycles. The van der Waals surface area contributed by atoms with Crippen LogP contribution in [0.3, 0.4) is 0 Å². The van der Waals surface area contributed by atoms with E-state index in [0.717, 1.165) is 27.7 Å². The number of rotatable bonds is 4. The van der Waals surface area contributed by atoms with Gasteiger partial charge in [-0.1, -0.05) is 26.5 Å². The predicted octanol–water partition coefficient (Wildman–Crippen LogP) is 5.58. The summed E-state index contributed by atoms with van der Waals surface area (Å²) >= 11 is 0. The topological polar surface area (TPSA) is 109 Å². The van der Waals surface area contributed by atoms with Gasteiger partial charge >= 0.3 is 5.69 Å². The zero-order chi connectivity index (χ0) is 32.4. The van der Waals surface area contributed by atoms with Crippen molar-refractivity contribution in [2.75, 3.05) is 24.6 Å². The fourth-order valence-electron chi connectivity index (χ4n) is 7.09. The maximum atomic E-state index is 17.1. The molecule has 0 spiro atoms. The molecular formula is C35H36FN7O3. The Hall–Kier alpha value is -5.06. The molecule has 236 valence electrons. The first-order valence-electron chi connectivity index (χ1n) is 15.6. The fraction of sp³-hybridized carbons (Fsp3) is 0.343. The Bertz CT molecular complexity index is 2120. The van der Waals surface area contributed by atoms with Gasteiger partial charge in [0, 0.05) is 42.7 Å². The number of halogens is 1. The van der Waals surface area contributed by atoms with Gasteiger partial charge in [-0.25, -0.2) is 9.18 Å². The SMILES string of the molecule is C=CC(=O)N1CC2CCOc3c(F)c(-c4c(C)ccc5[nH]ncc45)cc4c3c(nc(=O)n4-c3c(C)ccnc3C(C)C)N2CC1C. The lowest BCUT2D eigenvalue weighted by molar-refractivity contribution is -0.129. The van der Waals surface area contributed by atoms with Crippen LogP contribution in [0, 0.1) is 19.7 Å². The molecular weight excluding hydrogens is 585 g/mol. The quantitative estimate of drug-likeness (QED) is 0.261. The molecule has 1 amide bonds. The van der Waals surface area contributed by atoms with Crippen molar-refractivity contribution < 1.29 is 13.9 Å². The summed E-state index contributed by atoms with van der Waals surface area (Å²) < 4.78 is 25.0. The van der Waals surface area contributed by atoms with Crippen molar-refractivity contribution in [3.63, 3.8) is 0 Å². The van der Waals surface area contributed by atoms with Crippen LogP contribution in [0.1, 0.15) is 49.9 Å². The Balaban J connectivity index is 1.60. The lowest BCUT2D eigenvalue weighted by Crippen LogP contribution is -2.60. The lowest BCUT2D eigenvalue weighted by atomic mass is 9.94. The Labute approximate surface area is 265 Å². The number of piperazine rings is 1. The van der Waals surface area contributed by atoms with Crippen LogP contribution >= 0.6 is 0 Å². The molecule has 0 saturated carbocycles. The number of nitrogens with zero attached hydrogens (tertiary/aromatic N) is 6. The zero-order valence-electron chi connectivity index (χ0n) is 26.6. The molecule has 5 heterocycles. The number of fused-ring (bicyclic) bond motifs is 3. The molecule has 2 atom stereocenters. The fourth-order valence-corrected chi connectivity index (χ4v) is 7.09. The van der Waals surface area contributed by atoms with Crippen LogP contribution in [-0.4, -0.2) is 67.3 Å². The Morgan fingerprint density at radius 2 is 2.00 bits per heavy atom. The lowest BCUT2D eigenvalue weighted by Gasteiger charge is -2.46. The predicted molar refractivity (Wildman–Crippen MR) is 176 cm³/mol. The van der Waals surface area contributed by atoms with E-state index in [2.05, 4.69) is 31.6 Å². The number of carbonyl (C=O) groups is 1. The second-order valence-electron chi connectivity index (χ2n) is 12.6. The highest BCUT2D eigenvalue weighted by atomic mass is 19.1. The van der Waals surface area contributed by atoms with Gasteiger partial charge in [-0.3, -0.25) is 19.4 Å². The molecule has 1 saturated heterocycles. The monoisotopic (exact) mass is 621 g/mol. The van der Waals surface area contributed by atoms with Gasteiger partial charge < -0.3 is 14.5 Å². The first-order valence-corrected chi connectivity index (χ1v) is 15.6. The van der Waals surface area contributed by atoms with Gasteiger partial charge in [-0.15, -0.1) is 0 Å². The molecule has 2 aliphatic heterocycles. The number of carbonyl (C=O) groups excluding carboxylic acids is 1. The van der Waals surface area contributed by atoms with Crippen molar-refractivity contribution in [3.8, 4) is 22.6 Å². The van der Waals surface area contributed by atoms with Gasteiger partial charge in [-0.05, 0) is 67.7 Å². The summed E-state index contributed by atoms with van der Waals surface area (Å²) in [5, 5.41) is 8.38. The molecule has 11 heteroatoms. The van der Waals surface area contributed by atoms with Gasteiger partial charge in [0.05, 0.1) is 46.6 Å². The van der Waals surface area contributed by atoms with Crippen LogP contribution < -0.4 is 15.3 Å². The molecule has 2 aromatic carbocycles. The van der Waals surface area contributed by atoms with Crippen LogP contribution in [0.5, 0.6) is 5.75 Å². The minimum Gasteiger partial charge on any atom is -0.490 e. The van der Waals surface area contributed by atoms with Crippen molar-refractivity contribution in [1.29, 1.82) is 0 Å². The molecule has 1 fully saturated rings. The van der Waals surface area contributed by atoms with E-state index in [4.69, 9.17) is 4.74 Å². The number of H-pyrrole nitrogens is 1. The number of hydrogen-bond donors (Lipinski definition) is 1. The average molecular weight is 622 g/mol. The van der Waals surface area contributed by atoms with E-state index in [1.807, 2.05) is 52.8 Å². The third kappa shape index (κ3) is 4.47. The third-order valence-corrected chi connectivity index (χ3v) is 9.35. The van der Waals surface area contributed by atoms with Crippen LogP contribution in [0.15, 0.2) is 54.1 Å². The summed E-state index contributed by atoms with van der Waals surface area (Å²) in [5.74, 6) is -0.293. The summed E-state index contributed by atoms with van der Waals surface area (Å²) in [5.41, 5.74) is 4.75. The number of anilines is 1. The highest BCUT2D eigenvalue weighted by molar-refractivity contribution is 6.04. The van der Waals surface area contributed by atoms with E-state index in [9.17, 15) is 9.59 Å². The summed E-state index contributed by atoms with van der Waals surface area (Å²) in [6, 6.07) is 7.06. The minimum atomic E-state index is -0.531. The number of aryl methyl sites for hydroxylation is 2. The molecule has 2 unspecified atom stereocenters. The van der Waals surface area contributed by atoms with Crippen molar-refractivity contribution in [3.05, 3.63) is 82.4 Å². The van der Waals surface area contributed by atoms with Crippen molar-refractivity contribution in [2.24, 2.45) is 0 Å². The number of amides is 1. The van der Waals surface area contributed by atoms with E-state index in [1.165, 1.54) is 6.08 Å². The number of aromatic nitrogens is 5. The Morgan fingerprint density at radius 1 is 1.20 bits per heavy atom. The Kier molecular flexibility index (Phi) is 7.14. The Morgan fingerprint density at radius 3 is 2.76 bits per heavy atom. The molecule has 0 aliphatic carbocycles. The first-order chi connectivity index (χ1) is 22.1. The second-order valence-corrected chi connectivity index (χ2v) is 12.6. The maximum Gasteiger partial charge on any atom is 0.354 e. The number of nitrogens with one attached hydrogen (secondary N) is 1. The van der Waals surface area contributed by atoms with Crippen LogP contribution in [0.2, 0.25) is 0 Å². The van der Waals surface area contributed by atoms with Gasteiger partial charge in [0.15, 0.2) is 11.6 Å². The minimum absolute atomic E-state index is 0.00585. The molecule has 1 N–H and O–H groups in total. The normalized spacial score (nSPS) is 18.0. The summed E-state index contributed by atoms with van der Waals surface area (Å²) in [4.78, 5) is 40.3. The molecule has 2 aliphatic rings. The maximum absolute atomic E-state index is 17.1. The van der Waals surface area contributed by atoms with E-state index in [0.29, 0.717) is 53.0 Å². The summed E-state index contributed by atoms with van der Waals surface area (Å²) in [6.07, 6.45) is 5.24. The number of ether oxygens (including phenoxy) is 1. The van der Waals surface area contributed by atoms with Gasteiger partial charge in [0.25, 0.3) is 0 Å². The second kappa shape index (κ2) is 11.1. The largest absolute Gasteiger partial charge is 0.490 e. The first kappa shape index (κ1) is 29.6. The highest BCUT2D eigenvalue weighted by Gasteiger charge is 2.38. The molecule has 0 bridgehead atoms. The molecule has 46 heavy (non-hydrogen) atoms. The number of hydrogen-bond acceptors (Lipinski definition) is 7. The van der Waals surface area contributed by atoms with E-state index < -0.39 is 11.5 Å². The highest BCUT2D eigenvalue weighted by Crippen LogP contribution is 2.45. The number of pyridine rings is 1. The zero-order valence-corrected chi connectivity index (χ0v) is 26.6. The number of benzene rings is 2. The molecule has 10 nitrogen and oxygen atoms in total. The molecule has 5 aromatic rings. The van der Waals surface area contributed by atoms with Crippen molar-refractivity contribution >= 4 is 33.5 Å². The van der Waals surface area contributed by atoms with E-state index in [-0.39, 0.29) is 36.3 Å².